The van der Waals surface area contributed by atoms with Crippen molar-refractivity contribution in [1.82, 2.24) is 15.5 Å². The normalized spacial score (nSPS) is 18.8. The molecule has 1 aliphatic heterocycles. The van der Waals surface area contributed by atoms with Crippen LogP contribution in [0.1, 0.15) is 19.7 Å². The zero-order chi connectivity index (χ0) is 13.7. The van der Waals surface area contributed by atoms with Gasteiger partial charge in [0.15, 0.2) is 0 Å². The molecular weight excluding hydrogens is 248 g/mol. The van der Waals surface area contributed by atoms with Crippen molar-refractivity contribution in [1.29, 1.82) is 0 Å². The first kappa shape index (κ1) is 14.2. The van der Waals surface area contributed by atoms with Gasteiger partial charge in [-0.3, -0.25) is 0 Å². The number of hydrogen-bond acceptors (Lipinski definition) is 7. The molecular formula is C12H22N4O3. The molecule has 0 aromatic carbocycles. The van der Waals surface area contributed by atoms with E-state index < -0.39 is 0 Å². The van der Waals surface area contributed by atoms with Crippen molar-refractivity contribution < 1.29 is 13.9 Å². The van der Waals surface area contributed by atoms with Crippen LogP contribution in [0.3, 0.4) is 0 Å². The highest BCUT2D eigenvalue weighted by molar-refractivity contribution is 5.26. The number of ether oxygens (including phenoxy) is 2. The largest absolute Gasteiger partial charge is 0.407 e. The van der Waals surface area contributed by atoms with E-state index in [-0.39, 0.29) is 5.60 Å². The van der Waals surface area contributed by atoms with E-state index in [1.807, 2.05) is 0 Å². The third-order valence-corrected chi connectivity index (χ3v) is 2.91. The summed E-state index contributed by atoms with van der Waals surface area (Å²) in [5.41, 5.74) is -0.177. The van der Waals surface area contributed by atoms with Gasteiger partial charge in [0.05, 0.1) is 31.9 Å². The second kappa shape index (κ2) is 6.31. The van der Waals surface area contributed by atoms with Crippen LogP contribution in [0.15, 0.2) is 4.42 Å². The average Bonchev–Trinajstić information content (AvgIpc) is 2.82. The molecule has 2 heterocycles. The Balaban J connectivity index is 1.86. The summed E-state index contributed by atoms with van der Waals surface area (Å²) in [6.07, 6.45) is 0. The molecule has 1 saturated heterocycles. The zero-order valence-electron chi connectivity index (χ0n) is 11.8. The Morgan fingerprint density at radius 1 is 1.42 bits per heavy atom. The molecule has 2 rings (SSSR count). The van der Waals surface area contributed by atoms with E-state index in [2.05, 4.69) is 34.3 Å². The molecule has 0 amide bonds. The van der Waals surface area contributed by atoms with Gasteiger partial charge < -0.3 is 24.1 Å². The predicted molar refractivity (Wildman–Crippen MR) is 70.1 cm³/mol. The van der Waals surface area contributed by atoms with E-state index in [9.17, 15) is 0 Å². The first-order chi connectivity index (χ1) is 9.11. The third-order valence-electron chi connectivity index (χ3n) is 2.91. The summed E-state index contributed by atoms with van der Waals surface area (Å²) in [4.78, 5) is 2.06. The van der Waals surface area contributed by atoms with Crippen LogP contribution in [0, 0.1) is 0 Å². The Kier molecular flexibility index (Phi) is 4.73. The second-order valence-corrected chi connectivity index (χ2v) is 5.18. The van der Waals surface area contributed by atoms with E-state index >= 15 is 0 Å². The van der Waals surface area contributed by atoms with E-state index in [1.54, 1.807) is 7.11 Å². The molecule has 7 heteroatoms. The molecule has 0 bridgehead atoms. The number of nitrogens with one attached hydrogen (secondary N) is 1. The molecule has 1 fully saturated rings. The lowest BCUT2D eigenvalue weighted by Crippen LogP contribution is -2.48. The monoisotopic (exact) mass is 270 g/mol. The highest BCUT2D eigenvalue weighted by Crippen LogP contribution is 2.21. The maximum Gasteiger partial charge on any atom is 0.318 e. The van der Waals surface area contributed by atoms with E-state index in [0.717, 1.165) is 19.6 Å². The molecule has 0 saturated carbocycles. The van der Waals surface area contributed by atoms with Gasteiger partial charge in [-0.25, -0.2) is 0 Å². The maximum atomic E-state index is 5.66. The molecule has 1 aromatic rings. The lowest BCUT2D eigenvalue weighted by Gasteiger charge is -2.36. The lowest BCUT2D eigenvalue weighted by atomic mass is 10.1. The highest BCUT2D eigenvalue weighted by atomic mass is 16.5. The Hall–Kier alpha value is -1.18. The van der Waals surface area contributed by atoms with Gasteiger partial charge in [0, 0.05) is 20.2 Å². The molecule has 0 atom stereocenters. The van der Waals surface area contributed by atoms with Crippen LogP contribution in [-0.4, -0.2) is 55.8 Å². The van der Waals surface area contributed by atoms with Crippen LogP contribution in [0.4, 0.5) is 6.01 Å². The van der Waals surface area contributed by atoms with E-state index in [4.69, 9.17) is 13.9 Å². The summed E-state index contributed by atoms with van der Waals surface area (Å²) in [7, 11) is 1.67. The fourth-order valence-electron chi connectivity index (χ4n) is 1.99. The molecule has 0 radical (unpaired) electrons. The summed E-state index contributed by atoms with van der Waals surface area (Å²) < 4.78 is 16.3. The molecule has 108 valence electrons. The van der Waals surface area contributed by atoms with Crippen molar-refractivity contribution >= 4 is 6.01 Å². The van der Waals surface area contributed by atoms with Gasteiger partial charge in [-0.1, -0.05) is 5.10 Å². The van der Waals surface area contributed by atoms with Crippen molar-refractivity contribution in [3.8, 4) is 0 Å². The topological polar surface area (TPSA) is 72.7 Å². The lowest BCUT2D eigenvalue weighted by molar-refractivity contribution is -0.0290. The molecule has 1 N–H and O–H groups in total. The van der Waals surface area contributed by atoms with Crippen LogP contribution in [0.2, 0.25) is 0 Å². The number of morpholine rings is 1. The fraction of sp³-hybridized carbons (Fsp3) is 0.833. The van der Waals surface area contributed by atoms with Gasteiger partial charge in [-0.2, -0.15) is 0 Å². The van der Waals surface area contributed by atoms with Gasteiger partial charge in [0.2, 0.25) is 5.89 Å². The Labute approximate surface area is 113 Å². The maximum absolute atomic E-state index is 5.66. The number of anilines is 1. The molecule has 1 aliphatic rings. The Morgan fingerprint density at radius 2 is 2.26 bits per heavy atom. The summed E-state index contributed by atoms with van der Waals surface area (Å²) in [5, 5.41) is 11.3. The molecule has 7 nitrogen and oxygen atoms in total. The molecule has 0 aliphatic carbocycles. The van der Waals surface area contributed by atoms with Crippen molar-refractivity contribution in [3.05, 3.63) is 5.89 Å². The van der Waals surface area contributed by atoms with E-state index in [1.165, 1.54) is 0 Å². The first-order valence-corrected chi connectivity index (χ1v) is 6.52. The third kappa shape index (κ3) is 4.15. The second-order valence-electron chi connectivity index (χ2n) is 5.18. The quantitative estimate of drug-likeness (QED) is 0.751. The van der Waals surface area contributed by atoms with Crippen LogP contribution in [-0.2, 0) is 16.0 Å². The first-order valence-electron chi connectivity index (χ1n) is 6.52. The van der Waals surface area contributed by atoms with Gasteiger partial charge in [-0.05, 0) is 13.8 Å². The van der Waals surface area contributed by atoms with Gasteiger partial charge in [0.25, 0.3) is 0 Å². The SMILES string of the molecule is COCCNCc1nnc(N2CCOC(C)(C)C2)o1. The van der Waals surface area contributed by atoms with Crippen molar-refractivity contribution in [2.45, 2.75) is 26.0 Å². The van der Waals surface area contributed by atoms with Crippen molar-refractivity contribution in [3.63, 3.8) is 0 Å². The summed E-state index contributed by atoms with van der Waals surface area (Å²) in [6, 6.07) is 0.569. The number of aromatic nitrogens is 2. The minimum Gasteiger partial charge on any atom is -0.407 e. The number of hydrogen-bond donors (Lipinski definition) is 1. The molecule has 0 spiro atoms. The van der Waals surface area contributed by atoms with E-state index in [0.29, 0.717) is 31.7 Å². The van der Waals surface area contributed by atoms with Gasteiger partial charge >= 0.3 is 6.01 Å². The Bertz CT molecular complexity index is 394. The van der Waals surface area contributed by atoms with Gasteiger partial charge in [0.1, 0.15) is 0 Å². The fourth-order valence-corrected chi connectivity index (χ4v) is 1.99. The minimum atomic E-state index is -0.177. The summed E-state index contributed by atoms with van der Waals surface area (Å²) in [5.74, 6) is 0.593. The summed E-state index contributed by atoms with van der Waals surface area (Å²) >= 11 is 0. The molecule has 19 heavy (non-hydrogen) atoms. The van der Waals surface area contributed by atoms with Crippen LogP contribution < -0.4 is 10.2 Å². The van der Waals surface area contributed by atoms with Crippen LogP contribution >= 0.6 is 0 Å². The number of methoxy groups -OCH3 is 1. The zero-order valence-corrected chi connectivity index (χ0v) is 11.8. The van der Waals surface area contributed by atoms with Crippen molar-refractivity contribution in [2.75, 3.05) is 44.9 Å². The molecule has 0 unspecified atom stereocenters. The molecule has 1 aromatic heterocycles. The van der Waals surface area contributed by atoms with Crippen LogP contribution in [0.5, 0.6) is 0 Å². The number of nitrogens with zero attached hydrogens (tertiary/aromatic N) is 3. The standard InChI is InChI=1S/C12H22N4O3/c1-12(2)9-16(5-7-18-12)11-15-14-10(19-11)8-13-4-6-17-3/h13H,4-9H2,1-3H3. The summed E-state index contributed by atoms with van der Waals surface area (Å²) in [6.45, 7) is 8.32. The minimum absolute atomic E-state index is 0.177. The smallest absolute Gasteiger partial charge is 0.318 e. The number of rotatable bonds is 6. The van der Waals surface area contributed by atoms with Gasteiger partial charge in [-0.15, -0.1) is 5.10 Å². The average molecular weight is 270 g/mol. The Morgan fingerprint density at radius 3 is 3.00 bits per heavy atom. The van der Waals surface area contributed by atoms with Crippen molar-refractivity contribution in [2.24, 2.45) is 0 Å². The highest BCUT2D eigenvalue weighted by Gasteiger charge is 2.29. The van der Waals surface area contributed by atoms with Crippen LogP contribution in [0.25, 0.3) is 0 Å². The predicted octanol–water partition coefficient (Wildman–Crippen LogP) is 0.421.